The van der Waals surface area contributed by atoms with Gasteiger partial charge in [-0.3, -0.25) is 4.79 Å². The van der Waals surface area contributed by atoms with Crippen LogP contribution in [0.2, 0.25) is 0 Å². The van der Waals surface area contributed by atoms with E-state index in [9.17, 15) is 4.79 Å². The lowest BCUT2D eigenvalue weighted by molar-refractivity contribution is 0.0946. The van der Waals surface area contributed by atoms with Crippen molar-refractivity contribution < 1.29 is 4.79 Å². The van der Waals surface area contributed by atoms with E-state index in [2.05, 4.69) is 19.2 Å². The smallest absolute Gasteiger partial charge is 0.253 e. The third kappa shape index (κ3) is 4.58. The lowest BCUT2D eigenvalue weighted by Gasteiger charge is -2.16. The number of unbranched alkanes of at least 4 members (excludes halogenated alkanes) is 1. The fraction of sp³-hybridized carbons (Fsp3) is 0.562. The van der Waals surface area contributed by atoms with E-state index < -0.39 is 0 Å². The molecule has 1 aromatic rings. The Labute approximate surface area is 116 Å². The van der Waals surface area contributed by atoms with Gasteiger partial charge in [0.1, 0.15) is 0 Å². The maximum atomic E-state index is 12.1. The highest BCUT2D eigenvalue weighted by molar-refractivity contribution is 5.99. The number of benzene rings is 1. The van der Waals surface area contributed by atoms with Crippen LogP contribution in [0.4, 0.5) is 5.69 Å². The second kappa shape index (κ2) is 7.82. The van der Waals surface area contributed by atoms with Gasteiger partial charge in [-0.15, -0.1) is 0 Å². The standard InChI is InChI=1S/C16H26N2O/c1-4-6-9-13(5-2)11-18-16(19)14-10-7-8-12(3)15(14)17/h7-8,10,13H,4-6,9,11,17H2,1-3H3,(H,18,19). The zero-order chi connectivity index (χ0) is 14.3. The zero-order valence-electron chi connectivity index (χ0n) is 12.3. The molecule has 0 saturated carbocycles. The molecule has 1 unspecified atom stereocenters. The van der Waals surface area contributed by atoms with Crippen LogP contribution in [0, 0.1) is 12.8 Å². The number of carbonyl (C=O) groups excluding carboxylic acids is 1. The summed E-state index contributed by atoms with van der Waals surface area (Å²) in [6, 6.07) is 5.57. The van der Waals surface area contributed by atoms with Gasteiger partial charge in [-0.1, -0.05) is 45.2 Å². The zero-order valence-corrected chi connectivity index (χ0v) is 12.3. The average Bonchev–Trinajstić information content (AvgIpc) is 2.42. The molecule has 0 bridgehead atoms. The van der Waals surface area contributed by atoms with Crippen LogP contribution >= 0.6 is 0 Å². The van der Waals surface area contributed by atoms with E-state index in [0.29, 0.717) is 17.2 Å². The van der Waals surface area contributed by atoms with E-state index in [-0.39, 0.29) is 5.91 Å². The lowest BCUT2D eigenvalue weighted by atomic mass is 9.99. The van der Waals surface area contributed by atoms with Crippen molar-refractivity contribution in [3.8, 4) is 0 Å². The van der Waals surface area contributed by atoms with Crippen LogP contribution in [0.15, 0.2) is 18.2 Å². The number of hydrogen-bond donors (Lipinski definition) is 2. The number of hydrogen-bond acceptors (Lipinski definition) is 2. The third-order valence-corrected chi connectivity index (χ3v) is 3.66. The number of nitrogen functional groups attached to an aromatic ring is 1. The second-order valence-corrected chi connectivity index (χ2v) is 5.16. The summed E-state index contributed by atoms with van der Waals surface area (Å²) in [5.74, 6) is 0.506. The Morgan fingerprint density at radius 2 is 2.11 bits per heavy atom. The first-order valence-electron chi connectivity index (χ1n) is 7.23. The van der Waals surface area contributed by atoms with E-state index >= 15 is 0 Å². The average molecular weight is 262 g/mol. The summed E-state index contributed by atoms with van der Waals surface area (Å²) in [5.41, 5.74) is 8.06. The van der Waals surface area contributed by atoms with Gasteiger partial charge in [0.05, 0.1) is 5.56 Å². The molecule has 0 saturated heterocycles. The first-order valence-corrected chi connectivity index (χ1v) is 7.23. The predicted octanol–water partition coefficient (Wildman–Crippen LogP) is 3.52. The number of nitrogens with one attached hydrogen (secondary N) is 1. The molecule has 0 radical (unpaired) electrons. The maximum absolute atomic E-state index is 12.1. The summed E-state index contributed by atoms with van der Waals surface area (Å²) in [5, 5.41) is 3.01. The highest BCUT2D eigenvalue weighted by Gasteiger charge is 2.12. The van der Waals surface area contributed by atoms with Crippen molar-refractivity contribution in [2.75, 3.05) is 12.3 Å². The molecule has 1 rings (SSSR count). The molecule has 0 heterocycles. The summed E-state index contributed by atoms with van der Waals surface area (Å²) in [6.45, 7) is 7.02. The second-order valence-electron chi connectivity index (χ2n) is 5.16. The van der Waals surface area contributed by atoms with Gasteiger partial charge >= 0.3 is 0 Å². The monoisotopic (exact) mass is 262 g/mol. The molecule has 19 heavy (non-hydrogen) atoms. The molecule has 1 amide bonds. The van der Waals surface area contributed by atoms with Crippen molar-refractivity contribution >= 4 is 11.6 Å². The number of aryl methyl sites for hydroxylation is 1. The molecule has 1 atom stereocenters. The first kappa shape index (κ1) is 15.5. The van der Waals surface area contributed by atoms with Gasteiger partial charge in [0, 0.05) is 12.2 Å². The fourth-order valence-electron chi connectivity index (χ4n) is 2.15. The van der Waals surface area contributed by atoms with Gasteiger partial charge in [0.2, 0.25) is 0 Å². The Kier molecular flexibility index (Phi) is 6.40. The van der Waals surface area contributed by atoms with Gasteiger partial charge in [0.15, 0.2) is 0 Å². The molecule has 0 aliphatic heterocycles. The topological polar surface area (TPSA) is 55.1 Å². The Morgan fingerprint density at radius 3 is 2.74 bits per heavy atom. The SMILES string of the molecule is CCCCC(CC)CNC(=O)c1cccc(C)c1N. The number of anilines is 1. The van der Waals surface area contributed by atoms with Crippen molar-refractivity contribution in [1.82, 2.24) is 5.32 Å². The van der Waals surface area contributed by atoms with E-state index in [4.69, 9.17) is 5.73 Å². The molecule has 0 aliphatic rings. The maximum Gasteiger partial charge on any atom is 0.253 e. The summed E-state index contributed by atoms with van der Waals surface area (Å²) in [6.07, 6.45) is 4.70. The van der Waals surface area contributed by atoms with E-state index in [1.54, 1.807) is 6.07 Å². The van der Waals surface area contributed by atoms with E-state index in [0.717, 1.165) is 18.5 Å². The molecule has 3 heteroatoms. The van der Waals surface area contributed by atoms with Crippen molar-refractivity contribution in [1.29, 1.82) is 0 Å². The van der Waals surface area contributed by atoms with Crippen LogP contribution in [0.25, 0.3) is 0 Å². The lowest BCUT2D eigenvalue weighted by Crippen LogP contribution is -2.29. The minimum atomic E-state index is -0.0591. The van der Waals surface area contributed by atoms with Crippen LogP contribution in [-0.2, 0) is 0 Å². The van der Waals surface area contributed by atoms with Crippen molar-refractivity contribution in [2.24, 2.45) is 5.92 Å². The van der Waals surface area contributed by atoms with Gasteiger partial charge in [-0.05, 0) is 30.9 Å². The highest BCUT2D eigenvalue weighted by atomic mass is 16.1. The minimum Gasteiger partial charge on any atom is -0.398 e. The molecule has 0 aromatic heterocycles. The Bertz CT molecular complexity index is 415. The molecule has 1 aromatic carbocycles. The minimum absolute atomic E-state index is 0.0591. The normalized spacial score (nSPS) is 12.2. The molecular weight excluding hydrogens is 236 g/mol. The van der Waals surface area contributed by atoms with E-state index in [1.807, 2.05) is 19.1 Å². The van der Waals surface area contributed by atoms with Gasteiger partial charge in [-0.2, -0.15) is 0 Å². The Balaban J connectivity index is 2.57. The van der Waals surface area contributed by atoms with Crippen LogP contribution in [0.3, 0.4) is 0 Å². The van der Waals surface area contributed by atoms with Crippen LogP contribution in [0.1, 0.15) is 55.5 Å². The van der Waals surface area contributed by atoms with Crippen LogP contribution in [-0.4, -0.2) is 12.5 Å². The molecule has 3 N–H and O–H groups in total. The summed E-state index contributed by atoms with van der Waals surface area (Å²) >= 11 is 0. The molecule has 106 valence electrons. The summed E-state index contributed by atoms with van der Waals surface area (Å²) < 4.78 is 0. The first-order chi connectivity index (χ1) is 9.10. The van der Waals surface area contributed by atoms with Crippen LogP contribution < -0.4 is 11.1 Å². The molecular formula is C16H26N2O. The predicted molar refractivity (Wildman–Crippen MR) is 81.2 cm³/mol. The van der Waals surface area contributed by atoms with Crippen molar-refractivity contribution in [3.05, 3.63) is 29.3 Å². The Morgan fingerprint density at radius 1 is 1.37 bits per heavy atom. The van der Waals surface area contributed by atoms with Crippen LogP contribution in [0.5, 0.6) is 0 Å². The largest absolute Gasteiger partial charge is 0.398 e. The summed E-state index contributed by atoms with van der Waals surface area (Å²) in [4.78, 5) is 12.1. The van der Waals surface area contributed by atoms with Gasteiger partial charge in [-0.25, -0.2) is 0 Å². The van der Waals surface area contributed by atoms with E-state index in [1.165, 1.54) is 19.3 Å². The van der Waals surface area contributed by atoms with Gasteiger partial charge in [0.25, 0.3) is 5.91 Å². The number of nitrogens with two attached hydrogens (primary N) is 1. The summed E-state index contributed by atoms with van der Waals surface area (Å²) in [7, 11) is 0. The number of para-hydroxylation sites is 1. The van der Waals surface area contributed by atoms with Gasteiger partial charge < -0.3 is 11.1 Å². The molecule has 0 fully saturated rings. The number of rotatable bonds is 7. The number of amides is 1. The third-order valence-electron chi connectivity index (χ3n) is 3.66. The van der Waals surface area contributed by atoms with Crippen molar-refractivity contribution in [3.63, 3.8) is 0 Å². The highest BCUT2D eigenvalue weighted by Crippen LogP contribution is 2.17. The fourth-order valence-corrected chi connectivity index (χ4v) is 2.15. The van der Waals surface area contributed by atoms with Crippen molar-refractivity contribution in [2.45, 2.75) is 46.5 Å². The number of carbonyl (C=O) groups is 1. The molecule has 0 aliphatic carbocycles. The molecule has 0 spiro atoms. The molecule has 3 nitrogen and oxygen atoms in total. The Hall–Kier alpha value is -1.51. The quantitative estimate of drug-likeness (QED) is 0.739.